The highest BCUT2D eigenvalue weighted by Crippen LogP contribution is 2.14. The average molecular weight is 248 g/mol. The van der Waals surface area contributed by atoms with Crippen LogP contribution in [0.3, 0.4) is 0 Å². The summed E-state index contributed by atoms with van der Waals surface area (Å²) in [4.78, 5) is 13.9. The lowest BCUT2D eigenvalue weighted by Gasteiger charge is -2.27. The van der Waals surface area contributed by atoms with E-state index in [9.17, 15) is 9.90 Å². The van der Waals surface area contributed by atoms with Gasteiger partial charge in [-0.1, -0.05) is 18.6 Å². The van der Waals surface area contributed by atoms with Gasteiger partial charge in [-0.25, -0.2) is 0 Å². The van der Waals surface area contributed by atoms with Gasteiger partial charge in [-0.2, -0.15) is 0 Å². The number of hydrogen-bond donors (Lipinski definition) is 2. The van der Waals surface area contributed by atoms with E-state index in [-0.39, 0.29) is 17.7 Å². The molecule has 1 aliphatic rings. The van der Waals surface area contributed by atoms with E-state index in [1.165, 1.54) is 0 Å². The maximum Gasteiger partial charge on any atom is 0.239 e. The molecule has 4 nitrogen and oxygen atoms in total. The normalized spacial score (nSPS) is 19.5. The molecule has 1 fully saturated rings. The molecule has 98 valence electrons. The number of hydrogen-bond acceptors (Lipinski definition) is 3. The summed E-state index contributed by atoms with van der Waals surface area (Å²) in [6.45, 7) is 1.46. The Hall–Kier alpha value is -1.55. The fraction of sp³-hybridized carbons (Fsp3) is 0.500. The largest absolute Gasteiger partial charge is 0.508 e. The van der Waals surface area contributed by atoms with Gasteiger partial charge in [-0.3, -0.25) is 4.79 Å². The molecule has 0 saturated carbocycles. The maximum absolute atomic E-state index is 12.2. The van der Waals surface area contributed by atoms with Crippen molar-refractivity contribution in [3.8, 4) is 5.75 Å². The number of nitrogens with one attached hydrogen (secondary N) is 1. The molecule has 2 rings (SSSR count). The average Bonchev–Trinajstić information content (AvgIpc) is 2.39. The van der Waals surface area contributed by atoms with E-state index < -0.39 is 0 Å². The zero-order valence-electron chi connectivity index (χ0n) is 10.7. The van der Waals surface area contributed by atoms with Crippen molar-refractivity contribution in [2.75, 3.05) is 13.6 Å². The van der Waals surface area contributed by atoms with Crippen molar-refractivity contribution in [2.45, 2.75) is 31.8 Å². The molecule has 0 aromatic heterocycles. The predicted octanol–water partition coefficient (Wildman–Crippen LogP) is 1.49. The first kappa shape index (κ1) is 12.9. The van der Waals surface area contributed by atoms with Crippen molar-refractivity contribution in [3.05, 3.63) is 29.8 Å². The van der Waals surface area contributed by atoms with Gasteiger partial charge >= 0.3 is 0 Å². The van der Waals surface area contributed by atoms with Gasteiger partial charge in [-0.05, 0) is 37.1 Å². The smallest absolute Gasteiger partial charge is 0.239 e. The molecule has 1 amide bonds. The summed E-state index contributed by atoms with van der Waals surface area (Å²) < 4.78 is 0. The molecule has 0 bridgehead atoms. The van der Waals surface area contributed by atoms with Gasteiger partial charge in [0.15, 0.2) is 0 Å². The third kappa shape index (κ3) is 3.23. The number of carbonyl (C=O) groups is 1. The van der Waals surface area contributed by atoms with Crippen LogP contribution >= 0.6 is 0 Å². The standard InChI is InChI=1S/C14H20N2O2/c1-16(10-11-5-4-6-12(17)9-11)14(18)13-7-2-3-8-15-13/h4-6,9,13,15,17H,2-3,7-8,10H2,1H3. The van der Waals surface area contributed by atoms with Crippen molar-refractivity contribution in [2.24, 2.45) is 0 Å². The van der Waals surface area contributed by atoms with Crippen molar-refractivity contribution < 1.29 is 9.90 Å². The van der Waals surface area contributed by atoms with Gasteiger partial charge in [0.1, 0.15) is 5.75 Å². The maximum atomic E-state index is 12.2. The van der Waals surface area contributed by atoms with E-state index in [1.807, 2.05) is 13.1 Å². The number of rotatable bonds is 3. The Labute approximate surface area is 108 Å². The summed E-state index contributed by atoms with van der Waals surface area (Å²) in [6.07, 6.45) is 3.19. The first-order valence-electron chi connectivity index (χ1n) is 6.43. The van der Waals surface area contributed by atoms with E-state index in [1.54, 1.807) is 23.1 Å². The van der Waals surface area contributed by atoms with E-state index in [0.717, 1.165) is 31.4 Å². The Kier molecular flexibility index (Phi) is 4.20. The van der Waals surface area contributed by atoms with Crippen molar-refractivity contribution in [1.82, 2.24) is 10.2 Å². The summed E-state index contributed by atoms with van der Waals surface area (Å²) in [5, 5.41) is 12.7. The van der Waals surface area contributed by atoms with Gasteiger partial charge in [0.25, 0.3) is 0 Å². The Morgan fingerprint density at radius 2 is 2.33 bits per heavy atom. The highest BCUT2D eigenvalue weighted by Gasteiger charge is 2.23. The minimum Gasteiger partial charge on any atom is -0.508 e. The summed E-state index contributed by atoms with van der Waals surface area (Å²) >= 11 is 0. The van der Waals surface area contributed by atoms with Crippen LogP contribution in [0, 0.1) is 0 Å². The number of amides is 1. The molecule has 1 unspecified atom stereocenters. The molecule has 0 spiro atoms. The SMILES string of the molecule is CN(Cc1cccc(O)c1)C(=O)C1CCCCN1. The van der Waals surface area contributed by atoms with Crippen LogP contribution in [-0.2, 0) is 11.3 Å². The number of aromatic hydroxyl groups is 1. The number of piperidine rings is 1. The van der Waals surface area contributed by atoms with Crippen LogP contribution in [0.15, 0.2) is 24.3 Å². The summed E-state index contributed by atoms with van der Waals surface area (Å²) in [5.74, 6) is 0.377. The lowest BCUT2D eigenvalue weighted by Crippen LogP contribution is -2.46. The highest BCUT2D eigenvalue weighted by molar-refractivity contribution is 5.81. The predicted molar refractivity (Wildman–Crippen MR) is 70.2 cm³/mol. The molecule has 0 aliphatic carbocycles. The van der Waals surface area contributed by atoms with Crippen molar-refractivity contribution >= 4 is 5.91 Å². The summed E-state index contributed by atoms with van der Waals surface area (Å²) in [7, 11) is 1.81. The van der Waals surface area contributed by atoms with E-state index >= 15 is 0 Å². The lowest BCUT2D eigenvalue weighted by molar-refractivity contribution is -0.133. The van der Waals surface area contributed by atoms with Gasteiger partial charge < -0.3 is 15.3 Å². The monoisotopic (exact) mass is 248 g/mol. The van der Waals surface area contributed by atoms with Crippen LogP contribution in [0.1, 0.15) is 24.8 Å². The zero-order chi connectivity index (χ0) is 13.0. The van der Waals surface area contributed by atoms with Gasteiger partial charge in [0.05, 0.1) is 6.04 Å². The fourth-order valence-corrected chi connectivity index (χ4v) is 2.34. The third-order valence-electron chi connectivity index (χ3n) is 3.31. The quantitative estimate of drug-likeness (QED) is 0.852. The second kappa shape index (κ2) is 5.87. The second-order valence-corrected chi connectivity index (χ2v) is 4.87. The third-order valence-corrected chi connectivity index (χ3v) is 3.31. The highest BCUT2D eigenvalue weighted by atomic mass is 16.3. The molecule has 1 aromatic rings. The molecule has 1 aromatic carbocycles. The topological polar surface area (TPSA) is 52.6 Å². The van der Waals surface area contributed by atoms with Crippen LogP contribution in [0.25, 0.3) is 0 Å². The fourth-order valence-electron chi connectivity index (χ4n) is 2.34. The number of nitrogens with zero attached hydrogens (tertiary/aromatic N) is 1. The first-order chi connectivity index (χ1) is 8.66. The van der Waals surface area contributed by atoms with Gasteiger partial charge in [0.2, 0.25) is 5.91 Å². The molecule has 2 N–H and O–H groups in total. The van der Waals surface area contributed by atoms with Crippen LogP contribution in [0.5, 0.6) is 5.75 Å². The van der Waals surface area contributed by atoms with Crippen LogP contribution in [0.2, 0.25) is 0 Å². The Morgan fingerprint density at radius 1 is 1.50 bits per heavy atom. The number of benzene rings is 1. The number of phenolic OH excluding ortho intramolecular Hbond substituents is 1. The Morgan fingerprint density at radius 3 is 3.00 bits per heavy atom. The Balaban J connectivity index is 1.94. The molecule has 0 radical (unpaired) electrons. The van der Waals surface area contributed by atoms with Crippen molar-refractivity contribution in [1.29, 1.82) is 0 Å². The van der Waals surface area contributed by atoms with Crippen LogP contribution < -0.4 is 5.32 Å². The lowest BCUT2D eigenvalue weighted by atomic mass is 10.0. The molecule has 4 heteroatoms. The molecular formula is C14H20N2O2. The molecular weight excluding hydrogens is 228 g/mol. The van der Waals surface area contributed by atoms with E-state index in [2.05, 4.69) is 5.32 Å². The van der Waals surface area contributed by atoms with Crippen LogP contribution in [0.4, 0.5) is 0 Å². The summed E-state index contributed by atoms with van der Waals surface area (Å²) in [6, 6.07) is 6.99. The number of likely N-dealkylation sites (N-methyl/N-ethyl adjacent to an activating group) is 1. The van der Waals surface area contributed by atoms with E-state index in [0.29, 0.717) is 6.54 Å². The van der Waals surface area contributed by atoms with Gasteiger partial charge in [0, 0.05) is 13.6 Å². The number of carbonyl (C=O) groups excluding carboxylic acids is 1. The first-order valence-corrected chi connectivity index (χ1v) is 6.43. The molecule has 1 saturated heterocycles. The minimum atomic E-state index is -0.0407. The Bertz CT molecular complexity index is 414. The zero-order valence-corrected chi connectivity index (χ0v) is 10.7. The molecule has 1 aliphatic heterocycles. The van der Waals surface area contributed by atoms with Crippen LogP contribution in [-0.4, -0.2) is 35.5 Å². The number of phenols is 1. The second-order valence-electron chi connectivity index (χ2n) is 4.87. The molecule has 1 atom stereocenters. The van der Waals surface area contributed by atoms with E-state index in [4.69, 9.17) is 0 Å². The summed E-state index contributed by atoms with van der Waals surface area (Å²) in [5.41, 5.74) is 0.946. The molecule has 18 heavy (non-hydrogen) atoms. The van der Waals surface area contributed by atoms with Gasteiger partial charge in [-0.15, -0.1) is 0 Å². The minimum absolute atomic E-state index is 0.0407. The molecule has 1 heterocycles. The van der Waals surface area contributed by atoms with Crippen molar-refractivity contribution in [3.63, 3.8) is 0 Å².